The predicted molar refractivity (Wildman–Crippen MR) is 98.9 cm³/mol. The van der Waals surface area contributed by atoms with Gasteiger partial charge >= 0.3 is 0 Å². The van der Waals surface area contributed by atoms with Crippen LogP contribution < -0.4 is 0 Å². The van der Waals surface area contributed by atoms with Crippen LogP contribution in [0.3, 0.4) is 0 Å². The molecule has 0 unspecified atom stereocenters. The molecule has 3 atom stereocenters. The van der Waals surface area contributed by atoms with Crippen LogP contribution in [-0.4, -0.2) is 52.4 Å². The van der Waals surface area contributed by atoms with Gasteiger partial charge in [0.1, 0.15) is 4.88 Å². The zero-order valence-corrected chi connectivity index (χ0v) is 15.9. The zero-order valence-electron chi connectivity index (χ0n) is 15.1. The molecule has 4 saturated heterocycles. The van der Waals surface area contributed by atoms with E-state index in [4.69, 9.17) is 0 Å². The average Bonchev–Trinajstić information content (AvgIpc) is 3.30. The molecule has 4 aliphatic heterocycles. The summed E-state index contributed by atoms with van der Waals surface area (Å²) in [4.78, 5) is 22.5. The van der Waals surface area contributed by atoms with Gasteiger partial charge in [0.15, 0.2) is 11.6 Å². The van der Waals surface area contributed by atoms with Crippen LogP contribution in [0.1, 0.15) is 39.7 Å². The number of rotatable bonds is 2. The SMILES string of the molecule is Cc1ncsc1C(=O)N1C[C@@H](c2cccc(F)c2F)[C@@H]2[C@H]1C1CCN2CC1. The lowest BCUT2D eigenvalue weighted by atomic mass is 9.75. The molecule has 5 heterocycles. The fourth-order valence-corrected chi connectivity index (χ4v) is 6.13. The highest BCUT2D eigenvalue weighted by molar-refractivity contribution is 7.11. The van der Waals surface area contributed by atoms with Gasteiger partial charge in [-0.2, -0.15) is 0 Å². The van der Waals surface area contributed by atoms with Crippen molar-refractivity contribution in [2.45, 2.75) is 37.8 Å². The van der Waals surface area contributed by atoms with E-state index in [0.717, 1.165) is 37.7 Å². The van der Waals surface area contributed by atoms with Crippen molar-refractivity contribution in [2.24, 2.45) is 5.92 Å². The first-order valence-electron chi connectivity index (χ1n) is 9.45. The van der Waals surface area contributed by atoms with Gasteiger partial charge in [-0.15, -0.1) is 11.3 Å². The number of amides is 1. The number of halogens is 2. The first kappa shape index (κ1) is 17.3. The Morgan fingerprint density at radius 2 is 2.00 bits per heavy atom. The van der Waals surface area contributed by atoms with Crippen molar-refractivity contribution in [3.05, 3.63) is 51.5 Å². The summed E-state index contributed by atoms with van der Waals surface area (Å²) in [5.74, 6) is -1.38. The number of aryl methyl sites for hydroxylation is 1. The Kier molecular flexibility index (Phi) is 4.05. The van der Waals surface area contributed by atoms with E-state index in [0.29, 0.717) is 22.9 Å². The Labute approximate surface area is 160 Å². The van der Waals surface area contributed by atoms with Gasteiger partial charge in [-0.1, -0.05) is 12.1 Å². The summed E-state index contributed by atoms with van der Waals surface area (Å²) in [6.45, 7) is 4.22. The van der Waals surface area contributed by atoms with Crippen LogP contribution in [0.4, 0.5) is 8.78 Å². The number of aromatic nitrogens is 1. The lowest BCUT2D eigenvalue weighted by Crippen LogP contribution is -2.60. The number of carbonyl (C=O) groups excluding carboxylic acids is 1. The van der Waals surface area contributed by atoms with Crippen LogP contribution in [0.5, 0.6) is 0 Å². The molecular weight excluding hydrogens is 368 g/mol. The summed E-state index contributed by atoms with van der Waals surface area (Å²) < 4.78 is 28.5. The molecule has 0 aliphatic carbocycles. The van der Waals surface area contributed by atoms with Crippen molar-refractivity contribution < 1.29 is 13.6 Å². The van der Waals surface area contributed by atoms with Crippen LogP contribution in [0.25, 0.3) is 0 Å². The second-order valence-electron chi connectivity index (χ2n) is 7.83. The summed E-state index contributed by atoms with van der Waals surface area (Å²) in [6, 6.07) is 4.52. The van der Waals surface area contributed by atoms with Crippen LogP contribution in [0.2, 0.25) is 0 Å². The van der Waals surface area contributed by atoms with E-state index in [9.17, 15) is 13.6 Å². The lowest BCUT2D eigenvalue weighted by molar-refractivity contribution is -0.00347. The highest BCUT2D eigenvalue weighted by Gasteiger charge is 2.55. The van der Waals surface area contributed by atoms with Gasteiger partial charge in [0.2, 0.25) is 0 Å². The summed E-state index contributed by atoms with van der Waals surface area (Å²) >= 11 is 1.36. The predicted octanol–water partition coefficient (Wildman–Crippen LogP) is 3.43. The first-order chi connectivity index (χ1) is 13.1. The van der Waals surface area contributed by atoms with Gasteiger partial charge in [-0.25, -0.2) is 13.8 Å². The van der Waals surface area contributed by atoms with Gasteiger partial charge < -0.3 is 4.90 Å². The third-order valence-electron chi connectivity index (χ3n) is 6.58. The number of hydrogen-bond acceptors (Lipinski definition) is 4. The number of nitrogens with zero attached hydrogens (tertiary/aromatic N) is 3. The largest absolute Gasteiger partial charge is 0.332 e. The quantitative estimate of drug-likeness (QED) is 0.790. The highest BCUT2D eigenvalue weighted by Crippen LogP contribution is 2.47. The van der Waals surface area contributed by atoms with Crippen molar-refractivity contribution in [3.8, 4) is 0 Å². The normalized spacial score (nSPS) is 32.0. The number of benzene rings is 1. The summed E-state index contributed by atoms with van der Waals surface area (Å²) in [6.07, 6.45) is 2.12. The third-order valence-corrected chi connectivity index (χ3v) is 7.49. The van der Waals surface area contributed by atoms with E-state index in [-0.39, 0.29) is 23.9 Å². The van der Waals surface area contributed by atoms with Crippen molar-refractivity contribution in [1.29, 1.82) is 0 Å². The minimum atomic E-state index is -0.817. The maximum absolute atomic E-state index is 14.6. The number of thiazole rings is 1. The number of carbonyl (C=O) groups is 1. The monoisotopic (exact) mass is 389 g/mol. The molecule has 1 aromatic heterocycles. The van der Waals surface area contributed by atoms with Crippen LogP contribution in [0, 0.1) is 24.5 Å². The molecule has 0 radical (unpaired) electrons. The fourth-order valence-electron chi connectivity index (χ4n) is 5.37. The van der Waals surface area contributed by atoms with E-state index < -0.39 is 11.6 Å². The molecular formula is C20H21F2N3OS. The van der Waals surface area contributed by atoms with Gasteiger partial charge in [-0.05, 0) is 50.4 Å². The fraction of sp³-hybridized carbons (Fsp3) is 0.500. The molecule has 142 valence electrons. The Morgan fingerprint density at radius 1 is 1.22 bits per heavy atom. The summed E-state index contributed by atoms with van der Waals surface area (Å²) in [5.41, 5.74) is 2.83. The molecule has 0 spiro atoms. The number of piperidine rings is 3. The van der Waals surface area contributed by atoms with Crippen molar-refractivity contribution >= 4 is 17.2 Å². The molecule has 4 fully saturated rings. The Balaban J connectivity index is 1.57. The Hall–Kier alpha value is -1.86. The highest BCUT2D eigenvalue weighted by atomic mass is 32.1. The number of likely N-dealkylation sites (tertiary alicyclic amines) is 1. The smallest absolute Gasteiger partial charge is 0.266 e. The van der Waals surface area contributed by atoms with Crippen molar-refractivity contribution in [1.82, 2.24) is 14.8 Å². The van der Waals surface area contributed by atoms with Gasteiger partial charge in [0, 0.05) is 18.5 Å². The van der Waals surface area contributed by atoms with Gasteiger partial charge in [0.25, 0.3) is 5.91 Å². The topological polar surface area (TPSA) is 36.4 Å². The molecule has 1 aromatic carbocycles. The van der Waals surface area contributed by atoms with Crippen LogP contribution in [0.15, 0.2) is 23.7 Å². The van der Waals surface area contributed by atoms with E-state index in [1.807, 2.05) is 11.8 Å². The van der Waals surface area contributed by atoms with Crippen molar-refractivity contribution in [3.63, 3.8) is 0 Å². The minimum Gasteiger partial charge on any atom is -0.332 e. The minimum absolute atomic E-state index is 0.0157. The van der Waals surface area contributed by atoms with Crippen molar-refractivity contribution in [2.75, 3.05) is 19.6 Å². The maximum atomic E-state index is 14.6. The first-order valence-corrected chi connectivity index (χ1v) is 10.3. The lowest BCUT2D eigenvalue weighted by Gasteiger charge is -2.51. The summed E-state index contributed by atoms with van der Waals surface area (Å²) in [5, 5.41) is 0. The molecule has 4 nitrogen and oxygen atoms in total. The molecule has 4 aliphatic rings. The maximum Gasteiger partial charge on any atom is 0.266 e. The third kappa shape index (κ3) is 2.55. The van der Waals surface area contributed by atoms with E-state index in [2.05, 4.69) is 9.88 Å². The number of fused-ring (bicyclic) bond motifs is 2. The Morgan fingerprint density at radius 3 is 2.70 bits per heavy atom. The van der Waals surface area contributed by atoms with E-state index in [1.165, 1.54) is 11.3 Å². The van der Waals surface area contributed by atoms with Gasteiger partial charge in [0.05, 0.1) is 17.2 Å². The summed E-state index contributed by atoms with van der Waals surface area (Å²) in [7, 11) is 0. The zero-order chi connectivity index (χ0) is 18.7. The van der Waals surface area contributed by atoms with Crippen LogP contribution in [-0.2, 0) is 0 Å². The average molecular weight is 389 g/mol. The van der Waals surface area contributed by atoms with Gasteiger partial charge in [-0.3, -0.25) is 9.69 Å². The second-order valence-corrected chi connectivity index (χ2v) is 8.68. The van der Waals surface area contributed by atoms with E-state index >= 15 is 0 Å². The Bertz CT molecular complexity index is 893. The molecule has 1 amide bonds. The standard InChI is InChI=1S/C20H21F2N3OS/c1-11-19(27-10-23-11)20(26)25-9-14(13-3-2-4-15(21)16(13)22)18-17(25)12-5-7-24(18)8-6-12/h2-4,10,12,14,17-18H,5-9H2,1H3/t14-,17+,18+/m0/s1. The van der Waals surface area contributed by atoms with Crippen LogP contribution >= 0.6 is 11.3 Å². The molecule has 7 heteroatoms. The molecule has 0 N–H and O–H groups in total. The second kappa shape index (κ2) is 6.34. The number of hydrogen-bond donors (Lipinski definition) is 0. The molecule has 0 saturated carbocycles. The van der Waals surface area contributed by atoms with E-state index in [1.54, 1.807) is 17.6 Å². The molecule has 27 heavy (non-hydrogen) atoms. The molecule has 6 rings (SSSR count). The molecule has 2 aromatic rings. The molecule has 2 bridgehead atoms.